The molecule has 1 fully saturated rings. The fourth-order valence-corrected chi connectivity index (χ4v) is 3.40. The number of aromatic nitrogens is 2. The fraction of sp³-hybridized carbons (Fsp3) is 0.389. The quantitative estimate of drug-likeness (QED) is 0.872. The van der Waals surface area contributed by atoms with Crippen LogP contribution in [0, 0.1) is 6.92 Å². The second-order valence-corrected chi connectivity index (χ2v) is 6.98. The average Bonchev–Trinajstić information content (AvgIpc) is 2.60. The molecular formula is C18H20Cl2N4O. The van der Waals surface area contributed by atoms with E-state index in [9.17, 15) is 4.79 Å². The smallest absolute Gasteiger partial charge is 0.253 e. The van der Waals surface area contributed by atoms with Gasteiger partial charge in [0, 0.05) is 29.9 Å². The molecule has 0 unspecified atom stereocenters. The summed E-state index contributed by atoms with van der Waals surface area (Å²) in [5.41, 5.74) is 1.28. The summed E-state index contributed by atoms with van der Waals surface area (Å²) < 4.78 is 0. The standard InChI is InChI=1S/C18H20Cl2N4O/c1-12-9-17(24-7-3-2-4-8-24)23-16(22-12)11-21-18(25)14-6-5-13(19)10-15(14)20/h5-6,9-10H,2-4,7-8,11H2,1H3,(H,21,25). The zero-order valence-corrected chi connectivity index (χ0v) is 15.6. The number of piperidine rings is 1. The van der Waals surface area contributed by atoms with Gasteiger partial charge >= 0.3 is 0 Å². The lowest BCUT2D eigenvalue weighted by atomic mass is 10.1. The number of rotatable bonds is 4. The first-order valence-electron chi connectivity index (χ1n) is 8.36. The van der Waals surface area contributed by atoms with Crippen molar-refractivity contribution in [2.45, 2.75) is 32.7 Å². The van der Waals surface area contributed by atoms with Crippen LogP contribution in [0.3, 0.4) is 0 Å². The number of halogens is 2. The molecule has 1 aromatic heterocycles. The Bertz CT molecular complexity index is 776. The molecule has 1 aliphatic rings. The van der Waals surface area contributed by atoms with E-state index in [-0.39, 0.29) is 12.5 Å². The van der Waals surface area contributed by atoms with Crippen molar-refractivity contribution >= 4 is 34.9 Å². The molecule has 7 heteroatoms. The second kappa shape index (κ2) is 8.02. The average molecular weight is 379 g/mol. The SMILES string of the molecule is Cc1cc(N2CCCCC2)nc(CNC(=O)c2ccc(Cl)cc2Cl)n1. The van der Waals surface area contributed by atoms with Gasteiger partial charge in [0.25, 0.3) is 5.91 Å². The van der Waals surface area contributed by atoms with Crippen LogP contribution in [0.2, 0.25) is 10.0 Å². The second-order valence-electron chi connectivity index (χ2n) is 6.14. The van der Waals surface area contributed by atoms with Gasteiger partial charge in [-0.1, -0.05) is 23.2 Å². The molecule has 1 amide bonds. The molecule has 2 heterocycles. The van der Waals surface area contributed by atoms with Crippen molar-refractivity contribution in [1.82, 2.24) is 15.3 Å². The van der Waals surface area contributed by atoms with E-state index in [2.05, 4.69) is 20.2 Å². The van der Waals surface area contributed by atoms with Crippen LogP contribution in [0.5, 0.6) is 0 Å². The Labute approximate surface area is 157 Å². The van der Waals surface area contributed by atoms with Gasteiger partial charge in [-0.25, -0.2) is 9.97 Å². The zero-order valence-electron chi connectivity index (χ0n) is 14.1. The van der Waals surface area contributed by atoms with Crippen molar-refractivity contribution in [3.8, 4) is 0 Å². The summed E-state index contributed by atoms with van der Waals surface area (Å²) in [6, 6.07) is 6.79. The molecular weight excluding hydrogens is 359 g/mol. The summed E-state index contributed by atoms with van der Waals surface area (Å²) in [5.74, 6) is 1.26. The summed E-state index contributed by atoms with van der Waals surface area (Å²) in [5, 5.41) is 3.64. The Morgan fingerprint density at radius 3 is 2.64 bits per heavy atom. The molecule has 5 nitrogen and oxygen atoms in total. The number of aryl methyl sites for hydroxylation is 1. The van der Waals surface area contributed by atoms with E-state index in [0.717, 1.165) is 24.6 Å². The van der Waals surface area contributed by atoms with E-state index in [1.54, 1.807) is 18.2 Å². The van der Waals surface area contributed by atoms with Crippen LogP contribution in [0.15, 0.2) is 24.3 Å². The number of hydrogen-bond acceptors (Lipinski definition) is 4. The maximum Gasteiger partial charge on any atom is 0.253 e. The van der Waals surface area contributed by atoms with Crippen LogP contribution >= 0.6 is 23.2 Å². The minimum absolute atomic E-state index is 0.250. The first-order valence-corrected chi connectivity index (χ1v) is 9.11. The lowest BCUT2D eigenvalue weighted by Gasteiger charge is -2.28. The lowest BCUT2D eigenvalue weighted by Crippen LogP contribution is -2.31. The largest absolute Gasteiger partial charge is 0.357 e. The third kappa shape index (κ3) is 4.61. The highest BCUT2D eigenvalue weighted by atomic mass is 35.5. The molecule has 1 aliphatic heterocycles. The van der Waals surface area contributed by atoms with Crippen LogP contribution < -0.4 is 10.2 Å². The number of benzene rings is 1. The molecule has 1 saturated heterocycles. The van der Waals surface area contributed by atoms with Gasteiger partial charge in [-0.3, -0.25) is 4.79 Å². The minimum Gasteiger partial charge on any atom is -0.357 e. The van der Waals surface area contributed by atoms with E-state index in [4.69, 9.17) is 23.2 Å². The number of nitrogens with zero attached hydrogens (tertiary/aromatic N) is 3. The Kier molecular flexibility index (Phi) is 5.76. The number of amides is 1. The summed E-state index contributed by atoms with van der Waals surface area (Å²) in [6.07, 6.45) is 3.64. The summed E-state index contributed by atoms with van der Waals surface area (Å²) in [4.78, 5) is 23.6. The van der Waals surface area contributed by atoms with Crippen molar-refractivity contribution in [3.05, 3.63) is 51.4 Å². The van der Waals surface area contributed by atoms with E-state index < -0.39 is 0 Å². The van der Waals surface area contributed by atoms with Crippen molar-refractivity contribution in [2.24, 2.45) is 0 Å². The van der Waals surface area contributed by atoms with Gasteiger partial charge in [0.15, 0.2) is 0 Å². The van der Waals surface area contributed by atoms with Gasteiger partial charge in [-0.05, 0) is 44.4 Å². The third-order valence-corrected chi connectivity index (χ3v) is 4.70. The summed E-state index contributed by atoms with van der Waals surface area (Å²) in [6.45, 7) is 4.22. The van der Waals surface area contributed by atoms with Crippen molar-refractivity contribution in [3.63, 3.8) is 0 Å². The van der Waals surface area contributed by atoms with Gasteiger partial charge in [-0.15, -0.1) is 0 Å². The molecule has 1 N–H and O–H groups in total. The Morgan fingerprint density at radius 1 is 1.16 bits per heavy atom. The molecule has 0 aliphatic carbocycles. The topological polar surface area (TPSA) is 58.1 Å². The zero-order chi connectivity index (χ0) is 17.8. The highest BCUT2D eigenvalue weighted by Gasteiger charge is 2.15. The molecule has 132 valence electrons. The molecule has 0 radical (unpaired) electrons. The van der Waals surface area contributed by atoms with Crippen LogP contribution in [0.25, 0.3) is 0 Å². The minimum atomic E-state index is -0.272. The number of hydrogen-bond donors (Lipinski definition) is 1. The van der Waals surface area contributed by atoms with E-state index in [1.165, 1.54) is 19.3 Å². The predicted molar refractivity (Wildman–Crippen MR) is 100 cm³/mol. The van der Waals surface area contributed by atoms with E-state index in [1.807, 2.05) is 13.0 Å². The lowest BCUT2D eigenvalue weighted by molar-refractivity contribution is 0.0950. The molecule has 0 atom stereocenters. The molecule has 2 aromatic rings. The predicted octanol–water partition coefficient (Wildman–Crippen LogP) is 4.01. The van der Waals surface area contributed by atoms with E-state index in [0.29, 0.717) is 21.4 Å². The fourth-order valence-electron chi connectivity index (χ4n) is 2.90. The van der Waals surface area contributed by atoms with Gasteiger partial charge in [0.1, 0.15) is 11.6 Å². The van der Waals surface area contributed by atoms with Crippen LogP contribution in [0.1, 0.15) is 41.1 Å². The van der Waals surface area contributed by atoms with Crippen LogP contribution in [0.4, 0.5) is 5.82 Å². The maximum absolute atomic E-state index is 12.3. The van der Waals surface area contributed by atoms with Gasteiger partial charge in [0.05, 0.1) is 17.1 Å². The molecule has 0 spiro atoms. The third-order valence-electron chi connectivity index (χ3n) is 4.15. The summed E-state index contributed by atoms with van der Waals surface area (Å²) in [7, 11) is 0. The molecule has 25 heavy (non-hydrogen) atoms. The Hall–Kier alpha value is -1.85. The number of carbonyl (C=O) groups is 1. The van der Waals surface area contributed by atoms with Crippen molar-refractivity contribution in [2.75, 3.05) is 18.0 Å². The number of anilines is 1. The van der Waals surface area contributed by atoms with Gasteiger partial charge in [-0.2, -0.15) is 0 Å². The molecule has 0 bridgehead atoms. The Balaban J connectivity index is 1.70. The first kappa shape index (κ1) is 18.0. The van der Waals surface area contributed by atoms with E-state index >= 15 is 0 Å². The van der Waals surface area contributed by atoms with Crippen molar-refractivity contribution in [1.29, 1.82) is 0 Å². The van der Waals surface area contributed by atoms with Crippen LogP contribution in [-0.2, 0) is 6.54 Å². The molecule has 0 saturated carbocycles. The maximum atomic E-state index is 12.3. The normalized spacial score (nSPS) is 14.4. The summed E-state index contributed by atoms with van der Waals surface area (Å²) >= 11 is 11.9. The molecule has 3 rings (SSSR count). The first-order chi connectivity index (χ1) is 12.0. The Morgan fingerprint density at radius 2 is 1.92 bits per heavy atom. The van der Waals surface area contributed by atoms with Gasteiger partial charge in [0.2, 0.25) is 0 Å². The number of carbonyl (C=O) groups excluding carboxylic acids is 1. The van der Waals surface area contributed by atoms with Gasteiger partial charge < -0.3 is 10.2 Å². The highest BCUT2D eigenvalue weighted by molar-refractivity contribution is 6.36. The molecule has 1 aromatic carbocycles. The van der Waals surface area contributed by atoms with Crippen molar-refractivity contribution < 1.29 is 4.79 Å². The number of nitrogens with one attached hydrogen (secondary N) is 1. The monoisotopic (exact) mass is 378 g/mol. The highest BCUT2D eigenvalue weighted by Crippen LogP contribution is 2.21. The van der Waals surface area contributed by atoms with Crippen LogP contribution in [-0.4, -0.2) is 29.0 Å².